The maximum atomic E-state index is 11.5. The molecule has 0 aliphatic heterocycles. The maximum Gasteiger partial charge on any atom is 0.350 e. The van der Waals surface area contributed by atoms with Crippen LogP contribution in [0.25, 0.3) is 0 Å². The van der Waals surface area contributed by atoms with E-state index in [1.165, 1.54) is 30.6 Å². The van der Waals surface area contributed by atoms with Gasteiger partial charge in [-0.05, 0) is 17.9 Å². The highest BCUT2D eigenvalue weighted by molar-refractivity contribution is 7.12. The minimum Gasteiger partial charge on any atom is -0.461 e. The summed E-state index contributed by atoms with van der Waals surface area (Å²) in [6.45, 7) is 2.68. The minimum absolute atomic E-state index is 0.289. The van der Waals surface area contributed by atoms with Gasteiger partial charge in [-0.15, -0.1) is 11.3 Å². The van der Waals surface area contributed by atoms with Crippen molar-refractivity contribution in [1.82, 2.24) is 0 Å². The Labute approximate surface area is 101 Å². The third kappa shape index (κ3) is 4.23. The molecule has 1 aromatic heterocycles. The van der Waals surface area contributed by atoms with Crippen molar-refractivity contribution in [2.75, 3.05) is 12.3 Å². The Morgan fingerprint density at radius 2 is 2.12 bits per heavy atom. The minimum atomic E-state index is -0.289. The molecule has 0 spiro atoms. The Morgan fingerprint density at radius 3 is 2.75 bits per heavy atom. The summed E-state index contributed by atoms with van der Waals surface area (Å²) >= 11 is 1.33. The molecule has 1 aromatic rings. The van der Waals surface area contributed by atoms with E-state index in [-0.39, 0.29) is 5.97 Å². The molecule has 0 bridgehead atoms. The van der Waals surface area contributed by atoms with E-state index < -0.39 is 0 Å². The lowest BCUT2D eigenvalue weighted by molar-refractivity contribution is 0.0504. The summed E-state index contributed by atoms with van der Waals surface area (Å²) in [7, 11) is 0. The zero-order valence-electron chi connectivity index (χ0n) is 9.70. The van der Waals surface area contributed by atoms with Crippen LogP contribution in [0.3, 0.4) is 0 Å². The van der Waals surface area contributed by atoms with Crippen molar-refractivity contribution in [3.05, 3.63) is 16.3 Å². The molecule has 3 nitrogen and oxygen atoms in total. The van der Waals surface area contributed by atoms with Crippen molar-refractivity contribution >= 4 is 23.0 Å². The molecule has 0 aromatic carbocycles. The number of hydrogen-bond donors (Lipinski definition) is 1. The van der Waals surface area contributed by atoms with Gasteiger partial charge in [-0.25, -0.2) is 4.79 Å². The lowest BCUT2D eigenvalue weighted by Crippen LogP contribution is -2.06. The molecule has 0 saturated heterocycles. The first kappa shape index (κ1) is 13.0. The SMILES string of the molecule is CCCCCCCOC(=O)c1sccc1N. The van der Waals surface area contributed by atoms with Crippen molar-refractivity contribution in [2.24, 2.45) is 0 Å². The standard InChI is InChI=1S/C12H19NO2S/c1-2-3-4-5-6-8-15-12(14)11-10(13)7-9-16-11/h7,9H,2-6,8,13H2,1H3. The van der Waals surface area contributed by atoms with Crippen LogP contribution in [0.4, 0.5) is 5.69 Å². The largest absolute Gasteiger partial charge is 0.461 e. The molecule has 0 unspecified atom stereocenters. The van der Waals surface area contributed by atoms with Crippen molar-refractivity contribution < 1.29 is 9.53 Å². The average Bonchev–Trinajstić information content (AvgIpc) is 2.69. The number of esters is 1. The number of carbonyl (C=O) groups is 1. The predicted octanol–water partition coefficient (Wildman–Crippen LogP) is 3.46. The fourth-order valence-corrected chi connectivity index (χ4v) is 2.13. The van der Waals surface area contributed by atoms with Gasteiger partial charge in [0.15, 0.2) is 0 Å². The number of nitrogens with two attached hydrogens (primary N) is 1. The Balaban J connectivity index is 2.14. The number of ether oxygens (including phenoxy) is 1. The summed E-state index contributed by atoms with van der Waals surface area (Å²) in [5, 5.41) is 1.80. The molecule has 0 saturated carbocycles. The van der Waals surface area contributed by atoms with Crippen LogP contribution in [0.15, 0.2) is 11.4 Å². The summed E-state index contributed by atoms with van der Waals surface area (Å²) in [6.07, 6.45) is 5.77. The third-order valence-electron chi connectivity index (χ3n) is 2.36. The van der Waals surface area contributed by atoms with Crippen molar-refractivity contribution in [1.29, 1.82) is 0 Å². The number of thiophene rings is 1. The van der Waals surface area contributed by atoms with Crippen molar-refractivity contribution in [3.8, 4) is 0 Å². The second-order valence-electron chi connectivity index (χ2n) is 3.76. The predicted molar refractivity (Wildman–Crippen MR) is 67.8 cm³/mol. The zero-order chi connectivity index (χ0) is 11.8. The number of hydrogen-bond acceptors (Lipinski definition) is 4. The monoisotopic (exact) mass is 241 g/mol. The second-order valence-corrected chi connectivity index (χ2v) is 4.67. The number of anilines is 1. The van der Waals surface area contributed by atoms with E-state index >= 15 is 0 Å². The molecule has 16 heavy (non-hydrogen) atoms. The second kappa shape index (κ2) is 7.28. The van der Waals surface area contributed by atoms with Gasteiger partial charge in [0.25, 0.3) is 0 Å². The molecule has 4 heteroatoms. The van der Waals surface area contributed by atoms with E-state index in [2.05, 4.69) is 6.92 Å². The first-order chi connectivity index (χ1) is 7.75. The van der Waals surface area contributed by atoms with Gasteiger partial charge in [0.1, 0.15) is 4.88 Å². The molecule has 0 radical (unpaired) electrons. The van der Waals surface area contributed by atoms with Crippen molar-refractivity contribution in [2.45, 2.75) is 39.0 Å². The molecular formula is C12H19NO2S. The molecular weight excluding hydrogens is 222 g/mol. The van der Waals surface area contributed by atoms with E-state index in [1.807, 2.05) is 0 Å². The van der Waals surface area contributed by atoms with Crippen LogP contribution in [-0.4, -0.2) is 12.6 Å². The first-order valence-corrected chi connectivity index (χ1v) is 6.63. The topological polar surface area (TPSA) is 52.3 Å². The summed E-state index contributed by atoms with van der Waals surface area (Å²) in [5.74, 6) is -0.289. The van der Waals surface area contributed by atoms with Crippen molar-refractivity contribution in [3.63, 3.8) is 0 Å². The van der Waals surface area contributed by atoms with Crippen LogP contribution in [0.1, 0.15) is 48.7 Å². The highest BCUT2D eigenvalue weighted by Crippen LogP contribution is 2.19. The van der Waals surface area contributed by atoms with Gasteiger partial charge in [-0.2, -0.15) is 0 Å². The van der Waals surface area contributed by atoms with Crippen LogP contribution in [0, 0.1) is 0 Å². The van der Waals surface area contributed by atoms with E-state index in [9.17, 15) is 4.79 Å². The van der Waals surface area contributed by atoms with E-state index in [4.69, 9.17) is 10.5 Å². The fraction of sp³-hybridized carbons (Fsp3) is 0.583. The molecule has 0 fully saturated rings. The molecule has 90 valence electrons. The van der Waals surface area contributed by atoms with Crippen LogP contribution < -0.4 is 5.73 Å². The lowest BCUT2D eigenvalue weighted by Gasteiger charge is -2.03. The molecule has 1 rings (SSSR count). The maximum absolute atomic E-state index is 11.5. The van der Waals surface area contributed by atoms with Gasteiger partial charge in [-0.3, -0.25) is 0 Å². The Morgan fingerprint density at radius 1 is 1.38 bits per heavy atom. The van der Waals surface area contributed by atoms with Gasteiger partial charge in [-0.1, -0.05) is 32.6 Å². The highest BCUT2D eigenvalue weighted by Gasteiger charge is 2.11. The van der Waals surface area contributed by atoms with E-state index in [1.54, 1.807) is 11.4 Å². The van der Waals surface area contributed by atoms with E-state index in [0.29, 0.717) is 17.2 Å². The number of rotatable bonds is 7. The molecule has 0 aliphatic rings. The normalized spacial score (nSPS) is 10.3. The third-order valence-corrected chi connectivity index (χ3v) is 3.27. The van der Waals surface area contributed by atoms with E-state index in [0.717, 1.165) is 12.8 Å². The highest BCUT2D eigenvalue weighted by atomic mass is 32.1. The number of carbonyl (C=O) groups excluding carboxylic acids is 1. The first-order valence-electron chi connectivity index (χ1n) is 5.75. The average molecular weight is 241 g/mol. The molecule has 0 amide bonds. The van der Waals surface area contributed by atoms with Crippen LogP contribution in [0.2, 0.25) is 0 Å². The Hall–Kier alpha value is -1.03. The molecule has 0 atom stereocenters. The van der Waals surface area contributed by atoms with Crippen LogP contribution in [-0.2, 0) is 4.74 Å². The van der Waals surface area contributed by atoms with Crippen LogP contribution in [0.5, 0.6) is 0 Å². The Bertz CT molecular complexity index is 323. The Kier molecular flexibility index (Phi) is 5.93. The van der Waals surface area contributed by atoms with Gasteiger partial charge in [0.2, 0.25) is 0 Å². The van der Waals surface area contributed by atoms with Gasteiger partial charge in [0, 0.05) is 0 Å². The molecule has 1 heterocycles. The number of unbranched alkanes of at least 4 members (excludes halogenated alkanes) is 4. The van der Waals surface area contributed by atoms with Crippen LogP contribution >= 0.6 is 11.3 Å². The smallest absolute Gasteiger partial charge is 0.350 e. The zero-order valence-corrected chi connectivity index (χ0v) is 10.5. The summed E-state index contributed by atoms with van der Waals surface area (Å²) in [4.78, 5) is 12.0. The fourth-order valence-electron chi connectivity index (χ4n) is 1.42. The summed E-state index contributed by atoms with van der Waals surface area (Å²) < 4.78 is 5.14. The van der Waals surface area contributed by atoms with Gasteiger partial charge >= 0.3 is 5.97 Å². The van der Waals surface area contributed by atoms with Gasteiger partial charge < -0.3 is 10.5 Å². The molecule has 2 N–H and O–H groups in total. The summed E-state index contributed by atoms with van der Waals surface area (Å²) in [6, 6.07) is 1.72. The van der Waals surface area contributed by atoms with Gasteiger partial charge in [0.05, 0.1) is 12.3 Å². The quantitative estimate of drug-likeness (QED) is 0.587. The summed E-state index contributed by atoms with van der Waals surface area (Å²) in [5.41, 5.74) is 6.14. The lowest BCUT2D eigenvalue weighted by atomic mass is 10.2. The number of nitrogen functional groups attached to an aromatic ring is 1. The molecule has 0 aliphatic carbocycles.